The van der Waals surface area contributed by atoms with Gasteiger partial charge in [0.15, 0.2) is 0 Å². The Morgan fingerprint density at radius 2 is 2.13 bits per heavy atom. The zero-order valence-corrected chi connectivity index (χ0v) is 9.71. The molecule has 0 aromatic carbocycles. The smallest absolute Gasteiger partial charge is 0.149 e. The second-order valence-corrected chi connectivity index (χ2v) is 5.56. The molecular formula is C9H15N3O2S. The Hall–Kier alpha value is -1.17. The fourth-order valence-electron chi connectivity index (χ4n) is 1.05. The average Bonchev–Trinajstić information content (AvgIpc) is 2.16. The molecule has 0 unspecified atom stereocenters. The minimum absolute atomic E-state index is 0.110. The molecule has 6 heteroatoms. The zero-order valence-electron chi connectivity index (χ0n) is 8.90. The first kappa shape index (κ1) is 11.9. The van der Waals surface area contributed by atoms with E-state index in [2.05, 4.69) is 15.3 Å². The summed E-state index contributed by atoms with van der Waals surface area (Å²) in [7, 11) is -2.92. The summed E-state index contributed by atoms with van der Waals surface area (Å²) < 4.78 is 21.7. The van der Waals surface area contributed by atoms with Gasteiger partial charge in [-0.15, -0.1) is 0 Å². The summed E-state index contributed by atoms with van der Waals surface area (Å²) in [5, 5.41) is 2.95. The van der Waals surface area contributed by atoms with Crippen LogP contribution in [0.15, 0.2) is 12.4 Å². The molecule has 84 valence electrons. The highest BCUT2D eigenvalue weighted by Crippen LogP contribution is 2.03. The van der Waals surface area contributed by atoms with Gasteiger partial charge in [-0.1, -0.05) is 6.92 Å². The lowest BCUT2D eigenvalue weighted by Crippen LogP contribution is -2.14. The largest absolute Gasteiger partial charge is 0.369 e. The van der Waals surface area contributed by atoms with Gasteiger partial charge in [0.1, 0.15) is 22.0 Å². The maximum Gasteiger partial charge on any atom is 0.149 e. The Morgan fingerprint density at radius 1 is 1.40 bits per heavy atom. The van der Waals surface area contributed by atoms with Crippen molar-refractivity contribution in [2.75, 3.05) is 23.9 Å². The zero-order chi connectivity index (χ0) is 11.3. The van der Waals surface area contributed by atoms with E-state index in [4.69, 9.17) is 0 Å². The van der Waals surface area contributed by atoms with E-state index in [0.29, 0.717) is 12.4 Å². The number of anilines is 1. The number of aromatic nitrogens is 2. The quantitative estimate of drug-likeness (QED) is 0.795. The van der Waals surface area contributed by atoms with Crippen LogP contribution in [0.5, 0.6) is 0 Å². The van der Waals surface area contributed by atoms with Crippen molar-refractivity contribution in [3.8, 4) is 0 Å². The summed E-state index contributed by atoms with van der Waals surface area (Å²) in [4.78, 5) is 8.04. The van der Waals surface area contributed by atoms with E-state index in [9.17, 15) is 8.42 Å². The molecule has 0 amide bonds. The predicted octanol–water partition coefficient (Wildman–Crippen LogP) is 0.495. The van der Waals surface area contributed by atoms with E-state index >= 15 is 0 Å². The van der Waals surface area contributed by atoms with Crippen molar-refractivity contribution < 1.29 is 8.42 Å². The fraction of sp³-hybridized carbons (Fsp3) is 0.556. The van der Waals surface area contributed by atoms with Gasteiger partial charge in [0.2, 0.25) is 0 Å². The minimum atomic E-state index is -2.92. The lowest BCUT2D eigenvalue weighted by Gasteiger charge is -2.04. The van der Waals surface area contributed by atoms with Crippen LogP contribution in [-0.4, -0.2) is 36.9 Å². The predicted molar refractivity (Wildman–Crippen MR) is 59.6 cm³/mol. The van der Waals surface area contributed by atoms with E-state index in [1.54, 1.807) is 0 Å². The summed E-state index contributed by atoms with van der Waals surface area (Å²) in [5.41, 5.74) is 0.937. The number of rotatable bonds is 5. The molecule has 0 saturated heterocycles. The van der Waals surface area contributed by atoms with Crippen LogP contribution in [0.2, 0.25) is 0 Å². The van der Waals surface area contributed by atoms with E-state index in [0.717, 1.165) is 12.1 Å². The molecule has 15 heavy (non-hydrogen) atoms. The van der Waals surface area contributed by atoms with Crippen molar-refractivity contribution in [2.45, 2.75) is 13.3 Å². The number of nitrogens with one attached hydrogen (secondary N) is 1. The van der Waals surface area contributed by atoms with Crippen LogP contribution in [0, 0.1) is 0 Å². The van der Waals surface area contributed by atoms with Crippen molar-refractivity contribution in [1.82, 2.24) is 9.97 Å². The van der Waals surface area contributed by atoms with Gasteiger partial charge in [0, 0.05) is 24.6 Å². The molecule has 0 bridgehead atoms. The Balaban J connectivity index is 2.51. The Bertz CT molecular complexity index is 417. The molecule has 0 aliphatic rings. The number of nitrogens with zero attached hydrogens (tertiary/aromatic N) is 2. The Labute approximate surface area is 89.9 Å². The molecule has 1 N–H and O–H groups in total. The third kappa shape index (κ3) is 4.73. The molecule has 0 spiro atoms. The van der Waals surface area contributed by atoms with Gasteiger partial charge in [-0.3, -0.25) is 0 Å². The highest BCUT2D eigenvalue weighted by Gasteiger charge is 2.02. The standard InChI is InChI=1S/C9H15N3O2S/c1-3-8-6-9(12-7-11-8)10-4-5-15(2,13)14/h6-7H,3-5H2,1-2H3,(H,10,11,12). The van der Waals surface area contributed by atoms with Gasteiger partial charge in [-0.2, -0.15) is 0 Å². The van der Waals surface area contributed by atoms with Gasteiger partial charge in [0.05, 0.1) is 5.75 Å². The molecule has 1 heterocycles. The maximum absolute atomic E-state index is 10.9. The first-order valence-corrected chi connectivity index (χ1v) is 6.80. The van der Waals surface area contributed by atoms with Crippen molar-refractivity contribution >= 4 is 15.7 Å². The highest BCUT2D eigenvalue weighted by molar-refractivity contribution is 7.90. The normalized spacial score (nSPS) is 11.3. The molecule has 5 nitrogen and oxygen atoms in total. The monoisotopic (exact) mass is 229 g/mol. The Morgan fingerprint density at radius 3 is 2.73 bits per heavy atom. The van der Waals surface area contributed by atoms with Crippen molar-refractivity contribution in [3.05, 3.63) is 18.1 Å². The van der Waals surface area contributed by atoms with E-state index < -0.39 is 9.84 Å². The van der Waals surface area contributed by atoms with Crippen LogP contribution in [-0.2, 0) is 16.3 Å². The summed E-state index contributed by atoms with van der Waals surface area (Å²) in [6.07, 6.45) is 3.52. The average molecular weight is 229 g/mol. The number of hydrogen-bond donors (Lipinski definition) is 1. The van der Waals surface area contributed by atoms with Gasteiger partial charge in [-0.25, -0.2) is 18.4 Å². The first-order valence-electron chi connectivity index (χ1n) is 4.74. The van der Waals surface area contributed by atoms with Crippen molar-refractivity contribution in [1.29, 1.82) is 0 Å². The van der Waals surface area contributed by atoms with E-state index in [1.807, 2.05) is 13.0 Å². The summed E-state index contributed by atoms with van der Waals surface area (Å²) >= 11 is 0. The molecule has 0 aliphatic carbocycles. The molecule has 0 fully saturated rings. The third-order valence-corrected chi connectivity index (χ3v) is 2.81. The van der Waals surface area contributed by atoms with E-state index in [-0.39, 0.29) is 5.75 Å². The van der Waals surface area contributed by atoms with Gasteiger partial charge in [0.25, 0.3) is 0 Å². The van der Waals surface area contributed by atoms with E-state index in [1.165, 1.54) is 12.6 Å². The van der Waals surface area contributed by atoms with Gasteiger partial charge >= 0.3 is 0 Å². The van der Waals surface area contributed by atoms with Crippen LogP contribution in [0.25, 0.3) is 0 Å². The van der Waals surface area contributed by atoms with Gasteiger partial charge in [-0.05, 0) is 6.42 Å². The molecule has 0 radical (unpaired) electrons. The van der Waals surface area contributed by atoms with Crippen LogP contribution >= 0.6 is 0 Å². The fourth-order valence-corrected chi connectivity index (χ4v) is 1.52. The highest BCUT2D eigenvalue weighted by atomic mass is 32.2. The molecule has 1 aromatic heterocycles. The first-order chi connectivity index (χ1) is 7.01. The van der Waals surface area contributed by atoms with Crippen LogP contribution in [0.1, 0.15) is 12.6 Å². The van der Waals surface area contributed by atoms with Crippen LogP contribution < -0.4 is 5.32 Å². The maximum atomic E-state index is 10.9. The Kier molecular flexibility index (Phi) is 4.02. The van der Waals surface area contributed by atoms with Crippen molar-refractivity contribution in [2.24, 2.45) is 0 Å². The second kappa shape index (κ2) is 5.06. The van der Waals surface area contributed by atoms with Crippen LogP contribution in [0.4, 0.5) is 5.82 Å². The number of sulfone groups is 1. The topological polar surface area (TPSA) is 72.0 Å². The summed E-state index contributed by atoms with van der Waals surface area (Å²) in [6, 6.07) is 1.82. The minimum Gasteiger partial charge on any atom is -0.369 e. The molecule has 1 rings (SSSR count). The lowest BCUT2D eigenvalue weighted by molar-refractivity contribution is 0.602. The summed E-state index contributed by atoms with van der Waals surface area (Å²) in [5.74, 6) is 0.781. The van der Waals surface area contributed by atoms with Crippen LogP contribution in [0.3, 0.4) is 0 Å². The molecule has 0 aliphatic heterocycles. The lowest BCUT2D eigenvalue weighted by atomic mass is 10.3. The van der Waals surface area contributed by atoms with Crippen molar-refractivity contribution in [3.63, 3.8) is 0 Å². The number of hydrogen-bond acceptors (Lipinski definition) is 5. The molecule has 0 atom stereocenters. The molecule has 0 saturated carbocycles. The number of aryl methyl sites for hydroxylation is 1. The second-order valence-electron chi connectivity index (χ2n) is 3.30. The third-order valence-electron chi connectivity index (χ3n) is 1.86. The summed E-state index contributed by atoms with van der Waals surface area (Å²) in [6.45, 7) is 2.38. The molecule has 1 aromatic rings. The SMILES string of the molecule is CCc1cc(NCCS(C)(=O)=O)ncn1. The van der Waals surface area contributed by atoms with Gasteiger partial charge < -0.3 is 5.32 Å². The molecular weight excluding hydrogens is 214 g/mol.